The molecule has 0 fully saturated rings. The van der Waals surface area contributed by atoms with Gasteiger partial charge in [0.15, 0.2) is 4.80 Å². The van der Waals surface area contributed by atoms with E-state index in [1.54, 1.807) is 19.2 Å². The number of halogens is 3. The highest BCUT2D eigenvalue weighted by Crippen LogP contribution is 2.24. The Morgan fingerprint density at radius 1 is 1.07 bits per heavy atom. The monoisotopic (exact) mass is 471 g/mol. The van der Waals surface area contributed by atoms with E-state index in [9.17, 15) is 13.9 Å². The van der Waals surface area contributed by atoms with Crippen molar-refractivity contribution in [2.75, 3.05) is 13.7 Å². The van der Waals surface area contributed by atoms with Gasteiger partial charge in [0.2, 0.25) is 0 Å². The van der Waals surface area contributed by atoms with Crippen LogP contribution in [0.5, 0.6) is 11.5 Å². The minimum absolute atomic E-state index is 0. The molecule has 3 aromatic rings. The highest BCUT2D eigenvalue weighted by atomic mass is 79.9. The maximum Gasteiger partial charge on any atom is 0.387 e. The Hall–Kier alpha value is -2.23. The number of hydrogen-bond donors (Lipinski definition) is 1. The van der Waals surface area contributed by atoms with Gasteiger partial charge in [-0.05, 0) is 54.1 Å². The van der Waals surface area contributed by atoms with Crippen molar-refractivity contribution < 1.29 is 40.3 Å². The average Bonchev–Trinajstić information content (AvgIpc) is 3.05. The number of nitrogens with zero attached hydrogens (tertiary/aromatic N) is 2. The molecule has 0 saturated carbocycles. The molecule has 0 bridgehead atoms. The highest BCUT2D eigenvalue weighted by molar-refractivity contribution is 7.07. The van der Waals surface area contributed by atoms with Gasteiger partial charge in [0.05, 0.1) is 25.1 Å². The van der Waals surface area contributed by atoms with Gasteiger partial charge in [0.1, 0.15) is 11.5 Å². The molecule has 0 spiro atoms. The van der Waals surface area contributed by atoms with Crippen molar-refractivity contribution in [3.8, 4) is 22.8 Å². The molecule has 1 aromatic heterocycles. The number of aliphatic hydroxyl groups is 1. The Kier molecular flexibility index (Phi) is 8.16. The van der Waals surface area contributed by atoms with Crippen LogP contribution in [0.2, 0.25) is 0 Å². The van der Waals surface area contributed by atoms with E-state index in [0.717, 1.165) is 27.5 Å². The lowest BCUT2D eigenvalue weighted by molar-refractivity contribution is -0.0498. The van der Waals surface area contributed by atoms with Crippen LogP contribution in [-0.2, 0) is 6.54 Å². The second-order valence-electron chi connectivity index (χ2n) is 5.49. The van der Waals surface area contributed by atoms with Crippen LogP contribution in [0.25, 0.3) is 11.3 Å². The molecule has 0 saturated heterocycles. The summed E-state index contributed by atoms with van der Waals surface area (Å²) >= 11 is 1.43. The third kappa shape index (κ3) is 5.40. The largest absolute Gasteiger partial charge is 1.00 e. The molecule has 5 nitrogen and oxygen atoms in total. The zero-order valence-electron chi connectivity index (χ0n) is 14.9. The molecule has 0 aliphatic carbocycles. The molecule has 9 heteroatoms. The highest BCUT2D eigenvalue weighted by Gasteiger charge is 2.10. The first-order valence-corrected chi connectivity index (χ1v) is 9.02. The summed E-state index contributed by atoms with van der Waals surface area (Å²) in [5.41, 5.74) is 2.42. The lowest BCUT2D eigenvalue weighted by Crippen LogP contribution is -3.00. The van der Waals surface area contributed by atoms with Gasteiger partial charge >= 0.3 is 6.61 Å². The Labute approximate surface area is 175 Å². The van der Waals surface area contributed by atoms with Crippen molar-refractivity contribution in [2.24, 2.45) is 4.99 Å². The average molecular weight is 472 g/mol. The fraction of sp³-hybridized carbons (Fsp3) is 0.211. The fourth-order valence-corrected chi connectivity index (χ4v) is 3.50. The SMILES string of the molecule is COc1ccc(N=c2scc(-c3ccc(OC(F)F)cc3)n2CCO)cc1.[Br-]. The van der Waals surface area contributed by atoms with Gasteiger partial charge < -0.3 is 36.1 Å². The number of hydrogen-bond acceptors (Lipinski definition) is 5. The number of aromatic nitrogens is 1. The number of rotatable bonds is 7. The molecule has 0 aliphatic rings. The predicted octanol–water partition coefficient (Wildman–Crippen LogP) is 1.06. The molecule has 1 N–H and O–H groups in total. The van der Waals surface area contributed by atoms with Crippen LogP contribution in [-0.4, -0.2) is 30.0 Å². The molecule has 150 valence electrons. The number of aliphatic hydroxyl groups excluding tert-OH is 1. The third-order valence-corrected chi connectivity index (χ3v) is 4.66. The first kappa shape index (κ1) is 22.1. The Morgan fingerprint density at radius 2 is 1.71 bits per heavy atom. The van der Waals surface area contributed by atoms with Crippen LogP contribution in [0.1, 0.15) is 0 Å². The van der Waals surface area contributed by atoms with Gasteiger partial charge in [-0.1, -0.05) is 0 Å². The molecular formula is C19H18BrF2N2O3S-. The summed E-state index contributed by atoms with van der Waals surface area (Å²) in [5, 5.41) is 11.4. The minimum atomic E-state index is -2.86. The summed E-state index contributed by atoms with van der Waals surface area (Å²) in [4.78, 5) is 5.35. The summed E-state index contributed by atoms with van der Waals surface area (Å²) < 4.78 is 36.0. The van der Waals surface area contributed by atoms with Crippen LogP contribution in [0.3, 0.4) is 0 Å². The number of benzene rings is 2. The Balaban J connectivity index is 0.00000280. The summed E-state index contributed by atoms with van der Waals surface area (Å²) in [7, 11) is 1.60. The topological polar surface area (TPSA) is 56.0 Å². The van der Waals surface area contributed by atoms with Crippen molar-refractivity contribution in [2.45, 2.75) is 13.2 Å². The molecule has 0 unspecified atom stereocenters. The quantitative estimate of drug-likeness (QED) is 0.560. The van der Waals surface area contributed by atoms with Crippen molar-refractivity contribution in [1.29, 1.82) is 0 Å². The Bertz CT molecular complexity index is 941. The lowest BCUT2D eigenvalue weighted by atomic mass is 10.1. The van der Waals surface area contributed by atoms with Crippen LogP contribution < -0.4 is 31.3 Å². The van der Waals surface area contributed by atoms with E-state index in [2.05, 4.69) is 9.73 Å². The second-order valence-corrected chi connectivity index (χ2v) is 6.33. The normalized spacial score (nSPS) is 11.4. The van der Waals surface area contributed by atoms with Crippen LogP contribution in [0.4, 0.5) is 14.5 Å². The van der Waals surface area contributed by atoms with Crippen molar-refractivity contribution in [3.63, 3.8) is 0 Å². The summed E-state index contributed by atoms with van der Waals surface area (Å²) in [6.45, 7) is -2.54. The first-order chi connectivity index (χ1) is 13.1. The van der Waals surface area contributed by atoms with Gasteiger partial charge in [-0.3, -0.25) is 0 Å². The molecule has 0 aliphatic heterocycles. The number of thiazole rings is 1. The molecular weight excluding hydrogens is 454 g/mol. The van der Waals surface area contributed by atoms with E-state index >= 15 is 0 Å². The van der Waals surface area contributed by atoms with E-state index < -0.39 is 6.61 Å². The molecule has 0 amide bonds. The van der Waals surface area contributed by atoms with E-state index in [1.165, 1.54) is 23.5 Å². The van der Waals surface area contributed by atoms with E-state index in [4.69, 9.17) is 4.74 Å². The molecule has 28 heavy (non-hydrogen) atoms. The summed E-state index contributed by atoms with van der Waals surface area (Å²) in [5.74, 6) is 0.844. The maximum absolute atomic E-state index is 12.3. The van der Waals surface area contributed by atoms with Crippen LogP contribution in [0, 0.1) is 0 Å². The lowest BCUT2D eigenvalue weighted by Gasteiger charge is -2.09. The van der Waals surface area contributed by atoms with Gasteiger partial charge in [-0.15, -0.1) is 11.3 Å². The van der Waals surface area contributed by atoms with Gasteiger partial charge in [0, 0.05) is 11.9 Å². The fourth-order valence-electron chi connectivity index (χ4n) is 2.54. The minimum Gasteiger partial charge on any atom is -1.00 e. The van der Waals surface area contributed by atoms with E-state index in [-0.39, 0.29) is 29.3 Å². The molecule has 1 heterocycles. The number of ether oxygens (including phenoxy) is 2. The number of methoxy groups -OCH3 is 1. The molecule has 2 aromatic carbocycles. The van der Waals surface area contributed by atoms with Gasteiger partial charge in [0.25, 0.3) is 0 Å². The third-order valence-electron chi connectivity index (χ3n) is 3.79. The standard InChI is InChI=1S/C19H18F2N2O3S.BrH/c1-25-15-8-4-14(5-9-15)22-19-23(10-11-24)17(12-27-19)13-2-6-16(7-3-13)26-18(20)21;/h2-9,12,18,24H,10-11H2,1H3;1H/p-1. The zero-order chi connectivity index (χ0) is 19.2. The van der Waals surface area contributed by atoms with E-state index in [1.807, 2.05) is 34.2 Å². The van der Waals surface area contributed by atoms with Gasteiger partial charge in [-0.25, -0.2) is 4.99 Å². The second kappa shape index (κ2) is 10.4. The first-order valence-electron chi connectivity index (χ1n) is 8.14. The van der Waals surface area contributed by atoms with Gasteiger partial charge in [-0.2, -0.15) is 8.78 Å². The zero-order valence-corrected chi connectivity index (χ0v) is 17.3. The van der Waals surface area contributed by atoms with E-state index in [0.29, 0.717) is 6.54 Å². The molecule has 0 atom stereocenters. The number of alkyl halides is 2. The summed E-state index contributed by atoms with van der Waals surface area (Å²) in [6.07, 6.45) is 0. The van der Waals surface area contributed by atoms with Crippen LogP contribution in [0.15, 0.2) is 58.9 Å². The molecule has 3 rings (SSSR count). The smallest absolute Gasteiger partial charge is 0.387 e. The van der Waals surface area contributed by atoms with Crippen molar-refractivity contribution in [1.82, 2.24) is 4.57 Å². The van der Waals surface area contributed by atoms with Crippen molar-refractivity contribution in [3.05, 3.63) is 58.7 Å². The molecule has 0 radical (unpaired) electrons. The Morgan fingerprint density at radius 3 is 2.29 bits per heavy atom. The maximum atomic E-state index is 12.3. The predicted molar refractivity (Wildman–Crippen MR) is 99.7 cm³/mol. The van der Waals surface area contributed by atoms with Crippen molar-refractivity contribution >= 4 is 17.0 Å². The van der Waals surface area contributed by atoms with Crippen LogP contribution >= 0.6 is 11.3 Å². The summed E-state index contributed by atoms with van der Waals surface area (Å²) in [6, 6.07) is 13.7.